The van der Waals surface area contributed by atoms with Crippen molar-refractivity contribution >= 4 is 40.3 Å². The van der Waals surface area contributed by atoms with Crippen LogP contribution in [0.4, 0.5) is 0 Å². The van der Waals surface area contributed by atoms with Gasteiger partial charge in [0.1, 0.15) is 29.5 Å². The Kier molecular flexibility index (Phi) is 5.53. The van der Waals surface area contributed by atoms with E-state index in [9.17, 15) is 10.1 Å². The lowest BCUT2D eigenvalue weighted by Gasteiger charge is -2.05. The smallest absolute Gasteiger partial charge is 0.340 e. The molecule has 1 N–H and O–H groups in total. The van der Waals surface area contributed by atoms with Gasteiger partial charge in [-0.05, 0) is 42.5 Å². The molecule has 2 heterocycles. The minimum atomic E-state index is -0.697. The Morgan fingerprint density at radius 2 is 2.03 bits per heavy atom. The van der Waals surface area contributed by atoms with Crippen LogP contribution in [0, 0.1) is 22.7 Å². The van der Waals surface area contributed by atoms with Crippen LogP contribution in [0.15, 0.2) is 59.0 Å². The predicted molar refractivity (Wildman–Crippen MR) is 115 cm³/mol. The molecular formula is C23H13ClN4O3. The van der Waals surface area contributed by atoms with Crippen LogP contribution in [0.5, 0.6) is 0 Å². The lowest BCUT2D eigenvalue weighted by molar-refractivity contribution is 0.0555. The second-order valence-electron chi connectivity index (χ2n) is 6.40. The third kappa shape index (κ3) is 4.18. The Morgan fingerprint density at radius 3 is 2.81 bits per heavy atom. The Labute approximate surface area is 181 Å². The van der Waals surface area contributed by atoms with Gasteiger partial charge in [-0.15, -0.1) is 0 Å². The standard InChI is InChI=1S/C23H13ClN4O3/c24-18-7-5-14(12-17(18)23(29)30-10-9-25)21-8-6-16(31-21)11-15(13-26)22-27-19-3-1-2-4-20(19)28-22/h1-8,11-12H,10H2,(H,27,28). The number of furan rings is 1. The van der Waals surface area contributed by atoms with Gasteiger partial charge in [0.05, 0.1) is 27.2 Å². The summed E-state index contributed by atoms with van der Waals surface area (Å²) in [5.74, 6) is 0.655. The molecule has 31 heavy (non-hydrogen) atoms. The van der Waals surface area contributed by atoms with Crippen molar-refractivity contribution in [2.75, 3.05) is 6.61 Å². The number of benzene rings is 2. The van der Waals surface area contributed by atoms with E-state index < -0.39 is 5.97 Å². The summed E-state index contributed by atoms with van der Waals surface area (Å²) < 4.78 is 10.7. The van der Waals surface area contributed by atoms with Gasteiger partial charge in [0.2, 0.25) is 0 Å². The molecule has 0 saturated carbocycles. The van der Waals surface area contributed by atoms with Crippen LogP contribution in [0.25, 0.3) is 34.0 Å². The fraction of sp³-hybridized carbons (Fsp3) is 0.0435. The number of hydrogen-bond acceptors (Lipinski definition) is 6. The number of nitriles is 2. The molecule has 7 nitrogen and oxygen atoms in total. The number of allylic oxidation sites excluding steroid dienone is 1. The number of aromatic amines is 1. The molecular weight excluding hydrogens is 416 g/mol. The zero-order valence-electron chi connectivity index (χ0n) is 15.9. The SMILES string of the molecule is N#CCOC(=O)c1cc(-c2ccc(C=C(C#N)c3nc4ccccc4[nH]3)o2)ccc1Cl. The summed E-state index contributed by atoms with van der Waals surface area (Å²) in [6.07, 6.45) is 1.58. The number of aromatic nitrogens is 2. The van der Waals surface area contributed by atoms with Gasteiger partial charge in [-0.2, -0.15) is 10.5 Å². The Balaban J connectivity index is 1.64. The first-order valence-electron chi connectivity index (χ1n) is 9.10. The highest BCUT2D eigenvalue weighted by molar-refractivity contribution is 6.33. The normalized spacial score (nSPS) is 11.1. The van der Waals surface area contributed by atoms with Crippen molar-refractivity contribution in [3.8, 4) is 23.5 Å². The van der Waals surface area contributed by atoms with E-state index in [1.54, 1.807) is 36.4 Å². The van der Waals surface area contributed by atoms with Crippen molar-refractivity contribution in [1.29, 1.82) is 10.5 Å². The van der Waals surface area contributed by atoms with Gasteiger partial charge < -0.3 is 14.1 Å². The number of imidazole rings is 1. The van der Waals surface area contributed by atoms with Gasteiger partial charge in [0.15, 0.2) is 6.61 Å². The number of fused-ring (bicyclic) bond motifs is 1. The first kappa shape index (κ1) is 20.0. The summed E-state index contributed by atoms with van der Waals surface area (Å²) in [7, 11) is 0. The van der Waals surface area contributed by atoms with Crippen LogP contribution in [0.3, 0.4) is 0 Å². The highest BCUT2D eigenvalue weighted by Crippen LogP contribution is 2.29. The van der Waals surface area contributed by atoms with Crippen LogP contribution in [-0.2, 0) is 4.74 Å². The van der Waals surface area contributed by atoms with Crippen LogP contribution >= 0.6 is 11.6 Å². The third-order valence-electron chi connectivity index (χ3n) is 4.42. The first-order chi connectivity index (χ1) is 15.1. The third-order valence-corrected chi connectivity index (χ3v) is 4.75. The molecule has 0 fully saturated rings. The quantitative estimate of drug-likeness (QED) is 0.344. The summed E-state index contributed by atoms with van der Waals surface area (Å²) >= 11 is 6.08. The number of halogens is 1. The molecule has 0 aliphatic carbocycles. The molecule has 0 saturated heterocycles. The molecule has 0 spiro atoms. The maximum absolute atomic E-state index is 12.1. The van der Waals surface area contributed by atoms with Gasteiger partial charge >= 0.3 is 5.97 Å². The molecule has 4 aromatic rings. The van der Waals surface area contributed by atoms with E-state index in [-0.39, 0.29) is 17.2 Å². The number of carbonyl (C=O) groups excluding carboxylic acids is 1. The van der Waals surface area contributed by atoms with Crippen LogP contribution in [0.2, 0.25) is 5.02 Å². The van der Waals surface area contributed by atoms with Crippen molar-refractivity contribution in [2.45, 2.75) is 0 Å². The molecule has 150 valence electrons. The van der Waals surface area contributed by atoms with Gasteiger partial charge in [0.25, 0.3) is 0 Å². The molecule has 0 radical (unpaired) electrons. The number of carbonyl (C=O) groups is 1. The van der Waals surface area contributed by atoms with Crippen LogP contribution in [0.1, 0.15) is 21.9 Å². The molecule has 0 unspecified atom stereocenters. The van der Waals surface area contributed by atoms with E-state index in [0.29, 0.717) is 28.5 Å². The molecule has 4 rings (SSSR count). The average Bonchev–Trinajstić information content (AvgIpc) is 3.43. The highest BCUT2D eigenvalue weighted by Gasteiger charge is 2.15. The monoisotopic (exact) mass is 428 g/mol. The topological polar surface area (TPSA) is 116 Å². The number of ether oxygens (including phenoxy) is 1. The Bertz CT molecular complexity index is 1370. The maximum Gasteiger partial charge on any atom is 0.340 e. The number of nitrogens with zero attached hydrogens (tertiary/aromatic N) is 3. The molecule has 2 aromatic heterocycles. The van der Waals surface area contributed by atoms with Crippen LogP contribution < -0.4 is 0 Å². The summed E-state index contributed by atoms with van der Waals surface area (Å²) in [4.78, 5) is 19.6. The molecule has 0 aliphatic rings. The molecule has 8 heteroatoms. The van der Waals surface area contributed by atoms with Crippen molar-refractivity contribution in [2.24, 2.45) is 0 Å². The van der Waals surface area contributed by atoms with Crippen molar-refractivity contribution in [3.63, 3.8) is 0 Å². The summed E-state index contributed by atoms with van der Waals surface area (Å²) in [5, 5.41) is 18.4. The van der Waals surface area contributed by atoms with E-state index in [1.807, 2.05) is 24.3 Å². The number of rotatable bonds is 5. The summed E-state index contributed by atoms with van der Waals surface area (Å²) in [5.41, 5.74) is 2.62. The van der Waals surface area contributed by atoms with E-state index in [1.165, 1.54) is 6.07 Å². The molecule has 0 aliphatic heterocycles. The van der Waals surface area contributed by atoms with E-state index in [2.05, 4.69) is 16.0 Å². The minimum absolute atomic E-state index is 0.128. The molecule has 0 atom stereocenters. The summed E-state index contributed by atoms with van der Waals surface area (Å²) in [6, 6.07) is 19.6. The second-order valence-corrected chi connectivity index (χ2v) is 6.81. The van der Waals surface area contributed by atoms with Crippen molar-refractivity contribution in [3.05, 3.63) is 76.8 Å². The zero-order chi connectivity index (χ0) is 21.8. The lowest BCUT2D eigenvalue weighted by Crippen LogP contribution is -2.06. The number of esters is 1. The van der Waals surface area contributed by atoms with Crippen molar-refractivity contribution in [1.82, 2.24) is 9.97 Å². The summed E-state index contributed by atoms with van der Waals surface area (Å²) in [6.45, 7) is -0.367. The van der Waals surface area contributed by atoms with Gasteiger partial charge in [0, 0.05) is 11.6 Å². The molecule has 0 bridgehead atoms. The van der Waals surface area contributed by atoms with E-state index >= 15 is 0 Å². The van der Waals surface area contributed by atoms with Gasteiger partial charge in [-0.1, -0.05) is 23.7 Å². The molecule has 2 aromatic carbocycles. The first-order valence-corrected chi connectivity index (χ1v) is 9.47. The van der Waals surface area contributed by atoms with Crippen LogP contribution in [-0.4, -0.2) is 22.5 Å². The number of nitrogens with one attached hydrogen (secondary N) is 1. The minimum Gasteiger partial charge on any atom is -0.457 e. The van der Waals surface area contributed by atoms with E-state index in [0.717, 1.165) is 11.0 Å². The Morgan fingerprint density at radius 1 is 1.19 bits per heavy atom. The fourth-order valence-corrected chi connectivity index (χ4v) is 3.17. The zero-order valence-corrected chi connectivity index (χ0v) is 16.7. The lowest BCUT2D eigenvalue weighted by atomic mass is 10.1. The highest BCUT2D eigenvalue weighted by atomic mass is 35.5. The predicted octanol–water partition coefficient (Wildman–Crippen LogP) is 5.22. The maximum atomic E-state index is 12.1. The number of hydrogen-bond donors (Lipinski definition) is 1. The Hall–Kier alpha value is -4.33. The van der Waals surface area contributed by atoms with Gasteiger partial charge in [-0.3, -0.25) is 0 Å². The second kappa shape index (κ2) is 8.58. The van der Waals surface area contributed by atoms with E-state index in [4.69, 9.17) is 26.0 Å². The largest absolute Gasteiger partial charge is 0.457 e. The van der Waals surface area contributed by atoms with Gasteiger partial charge in [-0.25, -0.2) is 9.78 Å². The number of H-pyrrole nitrogens is 1. The number of para-hydroxylation sites is 2. The fourth-order valence-electron chi connectivity index (χ4n) is 2.97. The molecule has 0 amide bonds. The van der Waals surface area contributed by atoms with Crippen molar-refractivity contribution < 1.29 is 13.9 Å². The average molecular weight is 429 g/mol.